The highest BCUT2D eigenvalue weighted by Gasteiger charge is 2.07. The van der Waals surface area contributed by atoms with Crippen LogP contribution in [0.5, 0.6) is 0 Å². The molecule has 0 aliphatic carbocycles. The van der Waals surface area contributed by atoms with Crippen molar-refractivity contribution in [1.29, 1.82) is 0 Å². The van der Waals surface area contributed by atoms with Crippen LogP contribution in [0.1, 0.15) is 27.2 Å². The molecule has 0 saturated carbocycles. The van der Waals surface area contributed by atoms with Gasteiger partial charge in [0.2, 0.25) is 0 Å². The van der Waals surface area contributed by atoms with Crippen molar-refractivity contribution >= 4 is 11.6 Å². The van der Waals surface area contributed by atoms with Crippen LogP contribution in [-0.2, 0) is 6.54 Å². The van der Waals surface area contributed by atoms with Gasteiger partial charge in [-0.3, -0.25) is 9.78 Å². The maximum absolute atomic E-state index is 11.9. The van der Waals surface area contributed by atoms with E-state index in [0.29, 0.717) is 12.1 Å². The van der Waals surface area contributed by atoms with E-state index in [4.69, 9.17) is 5.73 Å². The minimum absolute atomic E-state index is 0.130. The van der Waals surface area contributed by atoms with Gasteiger partial charge >= 0.3 is 0 Å². The molecule has 1 aromatic heterocycles. The number of amides is 1. The molecule has 19 heavy (non-hydrogen) atoms. The van der Waals surface area contributed by atoms with Gasteiger partial charge in [0.25, 0.3) is 5.91 Å². The Morgan fingerprint density at radius 3 is 2.74 bits per heavy atom. The number of aryl methyl sites for hydroxylation is 1. The number of nitrogens with two attached hydrogens (primary N) is 1. The zero-order valence-electron chi connectivity index (χ0n) is 11.1. The number of rotatable bonds is 3. The molecule has 0 spiro atoms. The SMILES string of the molecule is Cc1ccc(C(=O)NCc2cccc(N)c2C)cn1. The van der Waals surface area contributed by atoms with Crippen LogP contribution in [0, 0.1) is 13.8 Å². The summed E-state index contributed by atoms with van der Waals surface area (Å²) in [4.78, 5) is 16.0. The fourth-order valence-corrected chi connectivity index (χ4v) is 1.77. The van der Waals surface area contributed by atoms with Gasteiger partial charge in [0.1, 0.15) is 0 Å². The summed E-state index contributed by atoms with van der Waals surface area (Å²) in [5, 5.41) is 2.87. The third kappa shape index (κ3) is 3.10. The van der Waals surface area contributed by atoms with Crippen LogP contribution in [-0.4, -0.2) is 10.9 Å². The van der Waals surface area contributed by atoms with Crippen molar-refractivity contribution in [2.75, 3.05) is 5.73 Å². The fourth-order valence-electron chi connectivity index (χ4n) is 1.77. The Morgan fingerprint density at radius 1 is 1.26 bits per heavy atom. The van der Waals surface area contributed by atoms with Crippen LogP contribution in [0.25, 0.3) is 0 Å². The highest BCUT2D eigenvalue weighted by molar-refractivity contribution is 5.93. The standard InChI is InChI=1S/C15H17N3O/c1-10-6-7-13(9-17-10)15(19)18-8-12-4-3-5-14(16)11(12)2/h3-7,9H,8,16H2,1-2H3,(H,18,19). The molecule has 0 aliphatic heterocycles. The summed E-state index contributed by atoms with van der Waals surface area (Å²) in [5.74, 6) is -0.130. The lowest BCUT2D eigenvalue weighted by Gasteiger charge is -2.09. The van der Waals surface area contributed by atoms with Crippen molar-refractivity contribution in [3.63, 3.8) is 0 Å². The van der Waals surface area contributed by atoms with Crippen molar-refractivity contribution in [1.82, 2.24) is 10.3 Å². The summed E-state index contributed by atoms with van der Waals surface area (Å²) < 4.78 is 0. The zero-order chi connectivity index (χ0) is 13.8. The molecule has 0 fully saturated rings. The van der Waals surface area contributed by atoms with Crippen molar-refractivity contribution in [3.8, 4) is 0 Å². The van der Waals surface area contributed by atoms with E-state index in [1.165, 1.54) is 0 Å². The molecule has 3 N–H and O–H groups in total. The molecule has 1 aromatic carbocycles. The average Bonchev–Trinajstić information content (AvgIpc) is 2.41. The molecule has 0 unspecified atom stereocenters. The lowest BCUT2D eigenvalue weighted by atomic mass is 10.1. The first-order valence-electron chi connectivity index (χ1n) is 6.13. The average molecular weight is 255 g/mol. The highest BCUT2D eigenvalue weighted by Crippen LogP contribution is 2.15. The monoisotopic (exact) mass is 255 g/mol. The molecule has 1 heterocycles. The van der Waals surface area contributed by atoms with Gasteiger partial charge in [-0.1, -0.05) is 12.1 Å². The van der Waals surface area contributed by atoms with Crippen molar-refractivity contribution < 1.29 is 4.79 Å². The van der Waals surface area contributed by atoms with E-state index in [1.54, 1.807) is 12.3 Å². The molecular weight excluding hydrogens is 238 g/mol. The fraction of sp³-hybridized carbons (Fsp3) is 0.200. The third-order valence-electron chi connectivity index (χ3n) is 3.10. The van der Waals surface area contributed by atoms with Gasteiger partial charge in [-0.25, -0.2) is 0 Å². The number of nitrogen functional groups attached to an aromatic ring is 1. The van der Waals surface area contributed by atoms with E-state index >= 15 is 0 Å². The summed E-state index contributed by atoms with van der Waals surface area (Å²) in [6.07, 6.45) is 1.58. The maximum atomic E-state index is 11.9. The highest BCUT2D eigenvalue weighted by atomic mass is 16.1. The second-order valence-corrected chi connectivity index (χ2v) is 4.50. The number of hydrogen-bond donors (Lipinski definition) is 2. The smallest absolute Gasteiger partial charge is 0.253 e. The van der Waals surface area contributed by atoms with Gasteiger partial charge in [0, 0.05) is 24.1 Å². The number of nitrogens with zero attached hydrogens (tertiary/aromatic N) is 1. The van der Waals surface area contributed by atoms with Crippen LogP contribution < -0.4 is 11.1 Å². The topological polar surface area (TPSA) is 68.0 Å². The second-order valence-electron chi connectivity index (χ2n) is 4.50. The summed E-state index contributed by atoms with van der Waals surface area (Å²) in [6, 6.07) is 9.28. The third-order valence-corrected chi connectivity index (χ3v) is 3.10. The van der Waals surface area contributed by atoms with Crippen LogP contribution in [0.2, 0.25) is 0 Å². The van der Waals surface area contributed by atoms with Crippen LogP contribution in [0.4, 0.5) is 5.69 Å². The minimum Gasteiger partial charge on any atom is -0.399 e. The first kappa shape index (κ1) is 13.1. The number of pyridine rings is 1. The van der Waals surface area contributed by atoms with E-state index in [0.717, 1.165) is 22.5 Å². The van der Waals surface area contributed by atoms with E-state index in [-0.39, 0.29) is 5.91 Å². The molecule has 1 amide bonds. The zero-order valence-corrected chi connectivity index (χ0v) is 11.1. The number of benzene rings is 1. The van der Waals surface area contributed by atoms with Crippen LogP contribution in [0.3, 0.4) is 0 Å². The summed E-state index contributed by atoms with van der Waals surface area (Å²) in [5.41, 5.74) is 10.1. The van der Waals surface area contributed by atoms with E-state index in [2.05, 4.69) is 10.3 Å². The number of nitrogens with one attached hydrogen (secondary N) is 1. The molecule has 0 bridgehead atoms. The molecule has 0 saturated heterocycles. The van der Waals surface area contributed by atoms with Crippen molar-refractivity contribution in [2.24, 2.45) is 0 Å². The Balaban J connectivity index is 2.04. The van der Waals surface area contributed by atoms with Crippen molar-refractivity contribution in [3.05, 3.63) is 58.9 Å². The van der Waals surface area contributed by atoms with Crippen LogP contribution in [0.15, 0.2) is 36.5 Å². The number of carbonyl (C=O) groups is 1. The van der Waals surface area contributed by atoms with E-state index in [9.17, 15) is 4.79 Å². The van der Waals surface area contributed by atoms with Gasteiger partial charge in [-0.15, -0.1) is 0 Å². The van der Waals surface area contributed by atoms with Gasteiger partial charge in [-0.05, 0) is 43.2 Å². The molecule has 4 nitrogen and oxygen atoms in total. The van der Waals surface area contributed by atoms with Gasteiger partial charge in [0.05, 0.1) is 5.56 Å². The maximum Gasteiger partial charge on any atom is 0.253 e. The van der Waals surface area contributed by atoms with Crippen molar-refractivity contribution in [2.45, 2.75) is 20.4 Å². The number of hydrogen-bond acceptors (Lipinski definition) is 3. The Morgan fingerprint density at radius 2 is 2.05 bits per heavy atom. The second kappa shape index (κ2) is 5.52. The quantitative estimate of drug-likeness (QED) is 0.826. The molecule has 0 atom stereocenters. The molecular formula is C15H17N3O. The predicted octanol–water partition coefficient (Wildman–Crippen LogP) is 2.21. The Kier molecular flexibility index (Phi) is 3.80. The van der Waals surface area contributed by atoms with Crippen LogP contribution >= 0.6 is 0 Å². The Hall–Kier alpha value is -2.36. The number of anilines is 1. The minimum atomic E-state index is -0.130. The lowest BCUT2D eigenvalue weighted by molar-refractivity contribution is 0.0950. The Labute approximate surface area is 112 Å². The normalized spacial score (nSPS) is 10.2. The molecule has 2 aromatic rings. The van der Waals surface area contributed by atoms with Gasteiger partial charge in [0.15, 0.2) is 0 Å². The van der Waals surface area contributed by atoms with E-state index < -0.39 is 0 Å². The number of carbonyl (C=O) groups excluding carboxylic acids is 1. The van der Waals surface area contributed by atoms with Gasteiger partial charge in [-0.2, -0.15) is 0 Å². The molecule has 0 aliphatic rings. The number of aromatic nitrogens is 1. The Bertz CT molecular complexity index is 591. The summed E-state index contributed by atoms with van der Waals surface area (Å²) in [6.45, 7) is 4.30. The summed E-state index contributed by atoms with van der Waals surface area (Å²) >= 11 is 0. The first-order valence-corrected chi connectivity index (χ1v) is 6.13. The molecule has 4 heteroatoms. The van der Waals surface area contributed by atoms with Gasteiger partial charge < -0.3 is 11.1 Å². The largest absolute Gasteiger partial charge is 0.399 e. The first-order chi connectivity index (χ1) is 9.08. The lowest BCUT2D eigenvalue weighted by Crippen LogP contribution is -2.23. The molecule has 2 rings (SSSR count). The summed E-state index contributed by atoms with van der Waals surface area (Å²) in [7, 11) is 0. The predicted molar refractivity (Wildman–Crippen MR) is 75.7 cm³/mol. The molecule has 0 radical (unpaired) electrons. The molecule has 98 valence electrons. The van der Waals surface area contributed by atoms with E-state index in [1.807, 2.05) is 38.1 Å².